The average Bonchev–Trinajstić information content (AvgIpc) is 2.95. The van der Waals surface area contributed by atoms with E-state index in [0.717, 1.165) is 27.6 Å². The number of H-pyrrole nitrogens is 1. The van der Waals surface area contributed by atoms with Gasteiger partial charge in [0.05, 0.1) is 0 Å². The van der Waals surface area contributed by atoms with Crippen LogP contribution < -0.4 is 10.5 Å². The van der Waals surface area contributed by atoms with Crippen molar-refractivity contribution in [1.82, 2.24) is 4.98 Å². The van der Waals surface area contributed by atoms with Crippen molar-refractivity contribution >= 4 is 16.9 Å². The molecule has 1 heterocycles. The number of benzene rings is 2. The number of carbonyl (C=O) groups excluding carboxylic acids is 1. The second-order valence-electron chi connectivity index (χ2n) is 5.17. The van der Waals surface area contributed by atoms with Crippen molar-refractivity contribution in [1.29, 1.82) is 0 Å². The molecule has 4 heteroatoms. The van der Waals surface area contributed by atoms with E-state index in [9.17, 15) is 4.79 Å². The Bertz CT molecular complexity index is 821. The van der Waals surface area contributed by atoms with Gasteiger partial charge < -0.3 is 15.5 Å². The molecule has 0 radical (unpaired) electrons. The number of ether oxygens (including phenoxy) is 1. The minimum absolute atomic E-state index is 0.248. The Hall–Kier alpha value is -2.59. The number of aromatic nitrogens is 1. The Labute approximate surface area is 128 Å². The molecule has 0 spiro atoms. The summed E-state index contributed by atoms with van der Waals surface area (Å²) in [6.07, 6.45) is 0.354. The molecule has 0 aliphatic rings. The minimum Gasteiger partial charge on any atom is -0.409 e. The number of esters is 1. The summed E-state index contributed by atoms with van der Waals surface area (Å²) in [5.74, 6) is 0.233. The van der Waals surface area contributed by atoms with Gasteiger partial charge in [-0.3, -0.25) is 4.79 Å². The topological polar surface area (TPSA) is 68.1 Å². The number of aromatic amines is 1. The first kappa shape index (κ1) is 14.4. The SMILES string of the molecule is CCC(=O)Oc1cc2cc(-c3cccc(CN)c3)ccc2[nH]1. The van der Waals surface area contributed by atoms with Crippen molar-refractivity contribution in [2.45, 2.75) is 19.9 Å². The number of hydrogen-bond acceptors (Lipinski definition) is 3. The third kappa shape index (κ3) is 2.87. The van der Waals surface area contributed by atoms with Gasteiger partial charge in [-0.05, 0) is 34.9 Å². The first-order valence-corrected chi connectivity index (χ1v) is 7.32. The highest BCUT2D eigenvalue weighted by Crippen LogP contribution is 2.27. The fraction of sp³-hybridized carbons (Fsp3) is 0.167. The molecule has 0 saturated carbocycles. The second-order valence-corrected chi connectivity index (χ2v) is 5.17. The van der Waals surface area contributed by atoms with Crippen LogP contribution in [0.1, 0.15) is 18.9 Å². The normalized spacial score (nSPS) is 10.8. The molecule has 3 N–H and O–H groups in total. The Morgan fingerprint density at radius 2 is 1.95 bits per heavy atom. The molecular weight excluding hydrogens is 276 g/mol. The van der Waals surface area contributed by atoms with Gasteiger partial charge in [0.1, 0.15) is 0 Å². The van der Waals surface area contributed by atoms with E-state index in [1.54, 1.807) is 6.92 Å². The van der Waals surface area contributed by atoms with Crippen molar-refractivity contribution in [3.8, 4) is 17.0 Å². The summed E-state index contributed by atoms with van der Waals surface area (Å²) in [6.45, 7) is 2.30. The molecule has 2 aromatic carbocycles. The second kappa shape index (κ2) is 6.03. The molecule has 0 unspecified atom stereocenters. The molecule has 0 aliphatic heterocycles. The van der Waals surface area contributed by atoms with Crippen LogP contribution in [0.3, 0.4) is 0 Å². The average molecular weight is 294 g/mol. The molecule has 0 saturated heterocycles. The van der Waals surface area contributed by atoms with Crippen LogP contribution in [-0.2, 0) is 11.3 Å². The van der Waals surface area contributed by atoms with E-state index in [1.165, 1.54) is 0 Å². The molecule has 112 valence electrons. The lowest BCUT2D eigenvalue weighted by Gasteiger charge is -2.04. The Balaban J connectivity index is 1.96. The van der Waals surface area contributed by atoms with E-state index in [1.807, 2.05) is 30.3 Å². The maximum atomic E-state index is 11.4. The lowest BCUT2D eigenvalue weighted by atomic mass is 10.0. The van der Waals surface area contributed by atoms with E-state index in [4.69, 9.17) is 10.5 Å². The smallest absolute Gasteiger partial charge is 0.312 e. The predicted molar refractivity (Wildman–Crippen MR) is 87.6 cm³/mol. The summed E-state index contributed by atoms with van der Waals surface area (Å²) >= 11 is 0. The monoisotopic (exact) mass is 294 g/mol. The zero-order chi connectivity index (χ0) is 15.5. The van der Waals surface area contributed by atoms with Crippen molar-refractivity contribution in [2.24, 2.45) is 5.73 Å². The highest BCUT2D eigenvalue weighted by molar-refractivity contribution is 5.87. The van der Waals surface area contributed by atoms with E-state index < -0.39 is 0 Å². The Morgan fingerprint density at radius 1 is 1.14 bits per heavy atom. The summed E-state index contributed by atoms with van der Waals surface area (Å²) in [5.41, 5.74) is 9.97. The minimum atomic E-state index is -0.248. The zero-order valence-corrected chi connectivity index (χ0v) is 12.4. The van der Waals surface area contributed by atoms with E-state index >= 15 is 0 Å². The van der Waals surface area contributed by atoms with Gasteiger partial charge in [0.2, 0.25) is 5.88 Å². The summed E-state index contributed by atoms with van der Waals surface area (Å²) in [7, 11) is 0. The van der Waals surface area contributed by atoms with E-state index in [2.05, 4.69) is 23.2 Å². The van der Waals surface area contributed by atoms with Crippen molar-refractivity contribution in [2.75, 3.05) is 0 Å². The van der Waals surface area contributed by atoms with Gasteiger partial charge in [-0.15, -0.1) is 0 Å². The lowest BCUT2D eigenvalue weighted by Crippen LogP contribution is -2.05. The van der Waals surface area contributed by atoms with Crippen LogP contribution in [0.25, 0.3) is 22.0 Å². The number of carbonyl (C=O) groups is 1. The van der Waals surface area contributed by atoms with Gasteiger partial charge in [0.15, 0.2) is 0 Å². The van der Waals surface area contributed by atoms with E-state index in [0.29, 0.717) is 18.8 Å². The first-order chi connectivity index (χ1) is 10.7. The number of rotatable bonds is 4. The van der Waals surface area contributed by atoms with Gasteiger partial charge >= 0.3 is 5.97 Å². The molecular formula is C18H18N2O2. The third-order valence-electron chi connectivity index (χ3n) is 3.60. The molecule has 1 aromatic heterocycles. The van der Waals surface area contributed by atoms with Crippen molar-refractivity contribution in [3.05, 3.63) is 54.1 Å². The van der Waals surface area contributed by atoms with Gasteiger partial charge in [-0.25, -0.2) is 0 Å². The van der Waals surface area contributed by atoms with Crippen LogP contribution in [0.5, 0.6) is 5.88 Å². The largest absolute Gasteiger partial charge is 0.409 e. The molecule has 3 rings (SSSR count). The molecule has 0 atom stereocenters. The van der Waals surface area contributed by atoms with Crippen LogP contribution in [-0.4, -0.2) is 11.0 Å². The van der Waals surface area contributed by atoms with Crippen molar-refractivity contribution in [3.63, 3.8) is 0 Å². The maximum Gasteiger partial charge on any atom is 0.312 e. The first-order valence-electron chi connectivity index (χ1n) is 7.32. The maximum absolute atomic E-state index is 11.4. The molecule has 0 fully saturated rings. The third-order valence-corrected chi connectivity index (χ3v) is 3.60. The zero-order valence-electron chi connectivity index (χ0n) is 12.4. The Kier molecular flexibility index (Phi) is 3.94. The van der Waals surface area contributed by atoms with Gasteiger partial charge in [0.25, 0.3) is 0 Å². The lowest BCUT2D eigenvalue weighted by molar-refractivity contribution is -0.134. The summed E-state index contributed by atoms with van der Waals surface area (Å²) in [4.78, 5) is 14.5. The van der Waals surface area contributed by atoms with Crippen LogP contribution in [0.2, 0.25) is 0 Å². The number of hydrogen-bond donors (Lipinski definition) is 2. The van der Waals surface area contributed by atoms with Crippen molar-refractivity contribution < 1.29 is 9.53 Å². The Morgan fingerprint density at radius 3 is 2.73 bits per heavy atom. The van der Waals surface area contributed by atoms with Crippen LogP contribution >= 0.6 is 0 Å². The van der Waals surface area contributed by atoms with E-state index in [-0.39, 0.29) is 5.97 Å². The molecule has 0 bridgehead atoms. The standard InChI is InChI=1S/C18H18N2O2/c1-2-18(21)22-17-10-15-9-14(6-7-16(15)20-17)13-5-3-4-12(8-13)11-19/h3-10,20H,2,11,19H2,1H3. The molecule has 22 heavy (non-hydrogen) atoms. The van der Waals surface area contributed by atoms with Crippen LogP contribution in [0, 0.1) is 0 Å². The summed E-state index contributed by atoms with van der Waals surface area (Å²) < 4.78 is 5.22. The van der Waals surface area contributed by atoms with Gasteiger partial charge in [-0.2, -0.15) is 0 Å². The summed E-state index contributed by atoms with van der Waals surface area (Å²) in [6, 6.07) is 16.1. The number of fused-ring (bicyclic) bond motifs is 1. The quantitative estimate of drug-likeness (QED) is 0.722. The van der Waals surface area contributed by atoms with Gasteiger partial charge in [-0.1, -0.05) is 31.2 Å². The van der Waals surface area contributed by atoms with Gasteiger partial charge in [0, 0.05) is 29.9 Å². The van der Waals surface area contributed by atoms with Crippen LogP contribution in [0.15, 0.2) is 48.5 Å². The predicted octanol–water partition coefficient (Wildman–Crippen LogP) is 3.61. The fourth-order valence-corrected chi connectivity index (χ4v) is 2.41. The highest BCUT2D eigenvalue weighted by Gasteiger charge is 2.07. The fourth-order valence-electron chi connectivity index (χ4n) is 2.41. The molecule has 0 amide bonds. The number of nitrogens with one attached hydrogen (secondary N) is 1. The van der Waals surface area contributed by atoms with Crippen LogP contribution in [0.4, 0.5) is 0 Å². The molecule has 3 aromatic rings. The number of nitrogens with two attached hydrogens (primary N) is 1. The summed E-state index contributed by atoms with van der Waals surface area (Å²) in [5, 5.41) is 1.01. The molecule has 0 aliphatic carbocycles. The molecule has 4 nitrogen and oxygen atoms in total. The highest BCUT2D eigenvalue weighted by atomic mass is 16.5.